The first-order valence-corrected chi connectivity index (χ1v) is 7.21. The van der Waals surface area contributed by atoms with Gasteiger partial charge in [-0.05, 0) is 68.4 Å². The summed E-state index contributed by atoms with van der Waals surface area (Å²) in [6.45, 7) is 8.77. The molecule has 1 aromatic heterocycles. The van der Waals surface area contributed by atoms with Crippen molar-refractivity contribution >= 4 is 11.3 Å². The molecule has 0 saturated carbocycles. The first-order chi connectivity index (χ1) is 8.54. The molecule has 0 saturated heterocycles. The summed E-state index contributed by atoms with van der Waals surface area (Å²) in [5.74, 6) is 0. The van der Waals surface area contributed by atoms with E-state index < -0.39 is 0 Å². The molecule has 0 fully saturated rings. The molecule has 0 aliphatic carbocycles. The van der Waals surface area contributed by atoms with E-state index >= 15 is 0 Å². The van der Waals surface area contributed by atoms with Crippen LogP contribution < -0.4 is 5.32 Å². The summed E-state index contributed by atoms with van der Waals surface area (Å²) in [5, 5.41) is 5.65. The Labute approximate surface area is 114 Å². The van der Waals surface area contributed by atoms with E-state index in [2.05, 4.69) is 56.6 Å². The second-order valence-electron chi connectivity index (χ2n) is 5.00. The van der Waals surface area contributed by atoms with Crippen LogP contribution in [-0.2, 0) is 0 Å². The zero-order valence-corrected chi connectivity index (χ0v) is 12.6. The lowest BCUT2D eigenvalue weighted by Gasteiger charge is -2.21. The van der Waals surface area contributed by atoms with E-state index in [1.54, 1.807) is 0 Å². The van der Waals surface area contributed by atoms with Gasteiger partial charge >= 0.3 is 0 Å². The number of benzene rings is 1. The van der Waals surface area contributed by atoms with E-state index in [1.807, 2.05) is 18.4 Å². The van der Waals surface area contributed by atoms with E-state index in [4.69, 9.17) is 0 Å². The summed E-state index contributed by atoms with van der Waals surface area (Å²) in [6.07, 6.45) is 0. The third-order valence-corrected chi connectivity index (χ3v) is 4.56. The van der Waals surface area contributed by atoms with Gasteiger partial charge in [-0.1, -0.05) is 17.7 Å². The molecule has 0 spiro atoms. The molecule has 1 N–H and O–H groups in total. The summed E-state index contributed by atoms with van der Waals surface area (Å²) in [4.78, 5) is 1.42. The normalized spacial score (nSPS) is 12.7. The van der Waals surface area contributed by atoms with Gasteiger partial charge in [0.25, 0.3) is 0 Å². The Kier molecular flexibility index (Phi) is 3.88. The molecule has 0 aliphatic rings. The van der Waals surface area contributed by atoms with E-state index in [0.29, 0.717) is 6.04 Å². The number of thiophene rings is 1. The van der Waals surface area contributed by atoms with Crippen molar-refractivity contribution in [3.63, 3.8) is 0 Å². The van der Waals surface area contributed by atoms with Crippen molar-refractivity contribution in [2.45, 2.75) is 33.7 Å². The first-order valence-electron chi connectivity index (χ1n) is 6.33. The first kappa shape index (κ1) is 13.3. The molecule has 1 atom stereocenters. The Morgan fingerprint density at radius 2 is 1.61 bits per heavy atom. The quantitative estimate of drug-likeness (QED) is 0.867. The molecule has 0 radical (unpaired) electrons. The van der Waals surface area contributed by atoms with E-state index in [0.717, 1.165) is 0 Å². The van der Waals surface area contributed by atoms with Gasteiger partial charge in [0.15, 0.2) is 0 Å². The van der Waals surface area contributed by atoms with Crippen molar-refractivity contribution in [3.05, 3.63) is 56.3 Å². The highest BCUT2D eigenvalue weighted by Gasteiger charge is 2.19. The lowest BCUT2D eigenvalue weighted by atomic mass is 9.92. The molecular weight excluding hydrogens is 238 g/mol. The predicted octanol–water partition coefficient (Wildman–Crippen LogP) is 4.29. The highest BCUT2D eigenvalue weighted by molar-refractivity contribution is 7.10. The lowest BCUT2D eigenvalue weighted by molar-refractivity contribution is 0.691. The van der Waals surface area contributed by atoms with E-state index in [-0.39, 0.29) is 0 Å². The molecule has 1 heterocycles. The molecule has 0 aliphatic heterocycles. The molecule has 0 amide bonds. The van der Waals surface area contributed by atoms with Crippen molar-refractivity contribution in [2.24, 2.45) is 0 Å². The van der Waals surface area contributed by atoms with Crippen LogP contribution in [0.5, 0.6) is 0 Å². The maximum absolute atomic E-state index is 3.47. The summed E-state index contributed by atoms with van der Waals surface area (Å²) in [6, 6.07) is 7.06. The zero-order valence-electron chi connectivity index (χ0n) is 11.8. The van der Waals surface area contributed by atoms with Crippen LogP contribution in [0.15, 0.2) is 23.6 Å². The maximum atomic E-state index is 3.47. The fourth-order valence-corrected chi connectivity index (χ4v) is 3.78. The minimum Gasteiger partial charge on any atom is -0.309 e. The predicted molar refractivity (Wildman–Crippen MR) is 80.6 cm³/mol. The SMILES string of the molecule is CNC(c1sccc1C)c1c(C)cc(C)cc1C. The highest BCUT2D eigenvalue weighted by atomic mass is 32.1. The number of aryl methyl sites for hydroxylation is 4. The van der Waals surface area contributed by atoms with Gasteiger partial charge in [-0.15, -0.1) is 11.3 Å². The Morgan fingerprint density at radius 3 is 2.06 bits per heavy atom. The van der Waals surface area contributed by atoms with Crippen LogP contribution in [-0.4, -0.2) is 7.05 Å². The third kappa shape index (κ3) is 2.36. The fraction of sp³-hybridized carbons (Fsp3) is 0.375. The molecule has 96 valence electrons. The average molecular weight is 259 g/mol. The summed E-state index contributed by atoms with van der Waals surface area (Å²) < 4.78 is 0. The standard InChI is InChI=1S/C16H21NS/c1-10-8-12(3)14(13(4)9-10)15(17-5)16-11(2)6-7-18-16/h6-9,15,17H,1-5H3. The van der Waals surface area contributed by atoms with Gasteiger partial charge in [0.1, 0.15) is 0 Å². The van der Waals surface area contributed by atoms with Crippen LogP contribution in [0.4, 0.5) is 0 Å². The van der Waals surface area contributed by atoms with Gasteiger partial charge in [-0.2, -0.15) is 0 Å². The van der Waals surface area contributed by atoms with Crippen molar-refractivity contribution < 1.29 is 0 Å². The molecule has 2 heteroatoms. The number of hydrogen-bond acceptors (Lipinski definition) is 2. The number of nitrogens with one attached hydrogen (secondary N) is 1. The van der Waals surface area contributed by atoms with Gasteiger partial charge in [-0.25, -0.2) is 0 Å². The molecule has 1 unspecified atom stereocenters. The summed E-state index contributed by atoms with van der Waals surface area (Å²) in [5.41, 5.74) is 6.89. The fourth-order valence-electron chi connectivity index (χ4n) is 2.73. The molecule has 1 aromatic carbocycles. The molecule has 2 aromatic rings. The third-order valence-electron chi connectivity index (χ3n) is 3.48. The van der Waals surface area contributed by atoms with Gasteiger partial charge in [0, 0.05) is 4.88 Å². The van der Waals surface area contributed by atoms with E-state index in [1.165, 1.54) is 32.7 Å². The minimum absolute atomic E-state index is 0.311. The Bertz CT molecular complexity index is 531. The van der Waals surface area contributed by atoms with Crippen molar-refractivity contribution in [1.29, 1.82) is 0 Å². The Balaban J connectivity index is 2.56. The Morgan fingerprint density at radius 1 is 1.00 bits per heavy atom. The van der Waals surface area contributed by atoms with Crippen molar-refractivity contribution in [3.8, 4) is 0 Å². The molecule has 18 heavy (non-hydrogen) atoms. The van der Waals surface area contributed by atoms with Crippen LogP contribution in [0.2, 0.25) is 0 Å². The largest absolute Gasteiger partial charge is 0.309 e. The highest BCUT2D eigenvalue weighted by Crippen LogP contribution is 2.33. The van der Waals surface area contributed by atoms with Crippen LogP contribution in [0.1, 0.15) is 38.7 Å². The Hall–Kier alpha value is -1.12. The van der Waals surface area contributed by atoms with Crippen LogP contribution in [0.3, 0.4) is 0 Å². The van der Waals surface area contributed by atoms with Crippen LogP contribution in [0, 0.1) is 27.7 Å². The average Bonchev–Trinajstić information content (AvgIpc) is 2.69. The molecule has 1 nitrogen and oxygen atoms in total. The molecule has 2 rings (SSSR count). The summed E-state index contributed by atoms with van der Waals surface area (Å²) in [7, 11) is 2.04. The molecule has 0 bridgehead atoms. The van der Waals surface area contributed by atoms with Gasteiger partial charge < -0.3 is 5.32 Å². The molecular formula is C16H21NS. The minimum atomic E-state index is 0.311. The van der Waals surface area contributed by atoms with Gasteiger partial charge in [0.2, 0.25) is 0 Å². The van der Waals surface area contributed by atoms with Crippen LogP contribution in [0.25, 0.3) is 0 Å². The summed E-state index contributed by atoms with van der Waals surface area (Å²) >= 11 is 1.84. The van der Waals surface area contributed by atoms with Gasteiger partial charge in [0.05, 0.1) is 6.04 Å². The second kappa shape index (κ2) is 5.25. The number of hydrogen-bond donors (Lipinski definition) is 1. The zero-order chi connectivity index (χ0) is 13.3. The van der Waals surface area contributed by atoms with Crippen molar-refractivity contribution in [1.82, 2.24) is 5.32 Å². The lowest BCUT2D eigenvalue weighted by Crippen LogP contribution is -2.19. The van der Waals surface area contributed by atoms with Crippen LogP contribution >= 0.6 is 11.3 Å². The maximum Gasteiger partial charge on any atom is 0.0676 e. The second-order valence-corrected chi connectivity index (χ2v) is 5.95. The monoisotopic (exact) mass is 259 g/mol. The smallest absolute Gasteiger partial charge is 0.0676 e. The van der Waals surface area contributed by atoms with E-state index in [9.17, 15) is 0 Å². The van der Waals surface area contributed by atoms with Gasteiger partial charge in [-0.3, -0.25) is 0 Å². The van der Waals surface area contributed by atoms with Crippen molar-refractivity contribution in [2.75, 3.05) is 7.05 Å². The number of rotatable bonds is 3. The topological polar surface area (TPSA) is 12.0 Å².